The molecular formula is C24H36N2O5. The van der Waals surface area contributed by atoms with Crippen molar-refractivity contribution in [3.05, 3.63) is 22.3 Å². The Morgan fingerprint density at radius 1 is 1.13 bits per heavy atom. The van der Waals surface area contributed by atoms with Gasteiger partial charge in [-0.25, -0.2) is 0 Å². The molecule has 2 amide bonds. The van der Waals surface area contributed by atoms with Crippen LogP contribution in [0, 0.1) is 26.7 Å². The maximum absolute atomic E-state index is 13.1. The van der Waals surface area contributed by atoms with Gasteiger partial charge in [-0.1, -0.05) is 19.3 Å². The van der Waals surface area contributed by atoms with Crippen LogP contribution in [-0.2, 0) is 16.0 Å². The lowest BCUT2D eigenvalue weighted by molar-refractivity contribution is -0.140. The molecule has 0 spiro atoms. The Balaban J connectivity index is 1.67. The highest BCUT2D eigenvalue weighted by Crippen LogP contribution is 2.43. The third-order valence-corrected chi connectivity index (χ3v) is 7.09. The summed E-state index contributed by atoms with van der Waals surface area (Å²) in [6.07, 6.45) is 6.83. The molecule has 0 saturated heterocycles. The van der Waals surface area contributed by atoms with E-state index in [0.29, 0.717) is 31.1 Å². The Morgan fingerprint density at radius 2 is 1.81 bits per heavy atom. The summed E-state index contributed by atoms with van der Waals surface area (Å²) in [4.78, 5) is 25.6. The second-order valence-corrected chi connectivity index (χ2v) is 9.32. The minimum absolute atomic E-state index is 0.267. The molecule has 4 N–H and O–H groups in total. The van der Waals surface area contributed by atoms with Gasteiger partial charge in [-0.3, -0.25) is 9.59 Å². The average Bonchev–Trinajstić information content (AvgIpc) is 2.78. The zero-order valence-corrected chi connectivity index (χ0v) is 19.1. The van der Waals surface area contributed by atoms with Crippen molar-refractivity contribution in [2.75, 3.05) is 13.2 Å². The number of amides is 2. The molecule has 0 bridgehead atoms. The number of hydrogen-bond donors (Lipinski definition) is 4. The molecule has 2 aliphatic rings. The predicted molar refractivity (Wildman–Crippen MR) is 118 cm³/mol. The van der Waals surface area contributed by atoms with E-state index in [1.54, 1.807) is 6.92 Å². The molecule has 1 aromatic rings. The van der Waals surface area contributed by atoms with Gasteiger partial charge in [0.05, 0.1) is 6.61 Å². The number of rotatable bonds is 6. The number of carbonyl (C=O) groups excluding carboxylic acids is 2. The van der Waals surface area contributed by atoms with Gasteiger partial charge in [-0.2, -0.15) is 0 Å². The number of aliphatic hydroxyl groups excluding tert-OH is 1. The van der Waals surface area contributed by atoms with Gasteiger partial charge >= 0.3 is 0 Å². The Hall–Kier alpha value is -2.28. The number of carbonyl (C=O) groups is 2. The van der Waals surface area contributed by atoms with Crippen LogP contribution in [-0.4, -0.2) is 46.8 Å². The van der Waals surface area contributed by atoms with Crippen molar-refractivity contribution in [2.45, 2.75) is 84.3 Å². The lowest BCUT2D eigenvalue weighted by Crippen LogP contribution is -2.58. The van der Waals surface area contributed by atoms with Crippen LogP contribution < -0.4 is 15.4 Å². The molecule has 1 aromatic carbocycles. The van der Waals surface area contributed by atoms with Crippen LogP contribution in [0.4, 0.5) is 0 Å². The first-order valence-electron chi connectivity index (χ1n) is 11.4. The minimum atomic E-state index is -1.16. The summed E-state index contributed by atoms with van der Waals surface area (Å²) in [5.41, 5.74) is 2.06. The van der Waals surface area contributed by atoms with Gasteiger partial charge in [0.2, 0.25) is 5.91 Å². The standard InChI is InChI=1S/C24H36N2O5/c1-14-15(2)21-18(16(3)20(14)28)10-11-24(4,31-21)23(30)26-19(13-27)22(29)25-12-17-8-6-5-7-9-17/h17,19,27-28H,5-13H2,1-4H3,(H,25,29)(H,26,30). The van der Waals surface area contributed by atoms with Gasteiger partial charge in [0.25, 0.3) is 5.91 Å². The van der Waals surface area contributed by atoms with Gasteiger partial charge in [-0.15, -0.1) is 0 Å². The van der Waals surface area contributed by atoms with Crippen LogP contribution in [0.2, 0.25) is 0 Å². The van der Waals surface area contributed by atoms with E-state index in [9.17, 15) is 19.8 Å². The molecule has 2 unspecified atom stereocenters. The van der Waals surface area contributed by atoms with Gasteiger partial charge in [-0.05, 0) is 69.6 Å². The summed E-state index contributed by atoms with van der Waals surface area (Å²) >= 11 is 0. The minimum Gasteiger partial charge on any atom is -0.507 e. The van der Waals surface area contributed by atoms with Crippen LogP contribution in [0.15, 0.2) is 0 Å². The fourth-order valence-electron chi connectivity index (χ4n) is 4.67. The normalized spacial score (nSPS) is 22.2. The van der Waals surface area contributed by atoms with E-state index in [-0.39, 0.29) is 11.7 Å². The van der Waals surface area contributed by atoms with Gasteiger partial charge in [0, 0.05) is 18.5 Å². The SMILES string of the molecule is Cc1c(C)c2c(c(C)c1O)CCC(C)(C(=O)NC(CO)C(=O)NCC1CCCCC1)O2. The second kappa shape index (κ2) is 9.47. The summed E-state index contributed by atoms with van der Waals surface area (Å²) in [7, 11) is 0. The van der Waals surface area contributed by atoms with Crippen LogP contribution >= 0.6 is 0 Å². The quantitative estimate of drug-likeness (QED) is 0.553. The van der Waals surface area contributed by atoms with Crippen molar-refractivity contribution in [3.63, 3.8) is 0 Å². The van der Waals surface area contributed by atoms with Crippen LogP contribution in [0.1, 0.15) is 67.7 Å². The van der Waals surface area contributed by atoms with Gasteiger partial charge in [0.15, 0.2) is 5.60 Å². The molecular weight excluding hydrogens is 396 g/mol. The number of fused-ring (bicyclic) bond motifs is 1. The molecule has 7 heteroatoms. The first-order valence-corrected chi connectivity index (χ1v) is 11.4. The number of benzene rings is 1. The summed E-state index contributed by atoms with van der Waals surface area (Å²) < 4.78 is 6.17. The average molecular weight is 433 g/mol. The molecule has 2 atom stereocenters. The molecule has 1 heterocycles. The third-order valence-electron chi connectivity index (χ3n) is 7.09. The zero-order valence-electron chi connectivity index (χ0n) is 19.1. The Kier molecular flexibility index (Phi) is 7.14. The summed E-state index contributed by atoms with van der Waals surface area (Å²) in [6.45, 7) is 7.35. The van der Waals surface area contributed by atoms with Crippen LogP contribution in [0.25, 0.3) is 0 Å². The van der Waals surface area contributed by atoms with E-state index in [0.717, 1.165) is 35.1 Å². The molecule has 7 nitrogen and oxygen atoms in total. The van der Waals surface area contributed by atoms with Crippen molar-refractivity contribution in [2.24, 2.45) is 5.92 Å². The smallest absolute Gasteiger partial charge is 0.264 e. The highest BCUT2D eigenvalue weighted by Gasteiger charge is 2.42. The van der Waals surface area contributed by atoms with E-state index in [1.165, 1.54) is 19.3 Å². The number of aliphatic hydroxyl groups is 1. The summed E-state index contributed by atoms with van der Waals surface area (Å²) in [6, 6.07) is -1.01. The predicted octanol–water partition coefficient (Wildman–Crippen LogP) is 2.57. The first kappa shape index (κ1) is 23.4. The second-order valence-electron chi connectivity index (χ2n) is 9.32. The van der Waals surface area contributed by atoms with Crippen molar-refractivity contribution in [1.29, 1.82) is 0 Å². The van der Waals surface area contributed by atoms with Crippen LogP contribution in [0.3, 0.4) is 0 Å². The molecule has 1 aliphatic carbocycles. The van der Waals surface area contributed by atoms with Crippen molar-refractivity contribution in [1.82, 2.24) is 10.6 Å². The Labute approximate surface area is 184 Å². The molecule has 0 aromatic heterocycles. The fraction of sp³-hybridized carbons (Fsp3) is 0.667. The number of nitrogens with one attached hydrogen (secondary N) is 2. The van der Waals surface area contributed by atoms with E-state index >= 15 is 0 Å². The lowest BCUT2D eigenvalue weighted by atomic mass is 9.86. The Bertz CT molecular complexity index is 847. The number of phenols is 1. The molecule has 1 saturated carbocycles. The summed E-state index contributed by atoms with van der Waals surface area (Å²) in [5, 5.41) is 25.6. The van der Waals surface area contributed by atoms with Crippen molar-refractivity contribution >= 4 is 11.8 Å². The maximum atomic E-state index is 13.1. The first-order chi connectivity index (χ1) is 14.7. The number of ether oxygens (including phenoxy) is 1. The summed E-state index contributed by atoms with van der Waals surface area (Å²) in [5.74, 6) is 0.568. The molecule has 31 heavy (non-hydrogen) atoms. The molecule has 1 fully saturated rings. The van der Waals surface area contributed by atoms with Crippen LogP contribution in [0.5, 0.6) is 11.5 Å². The number of hydrogen-bond acceptors (Lipinski definition) is 5. The molecule has 3 rings (SSSR count). The lowest BCUT2D eigenvalue weighted by Gasteiger charge is -2.37. The molecule has 1 aliphatic heterocycles. The Morgan fingerprint density at radius 3 is 2.45 bits per heavy atom. The topological polar surface area (TPSA) is 108 Å². The third kappa shape index (κ3) is 4.81. The molecule has 172 valence electrons. The highest BCUT2D eigenvalue weighted by molar-refractivity contribution is 5.92. The number of aromatic hydroxyl groups is 1. The van der Waals surface area contributed by atoms with Crippen molar-refractivity contribution in [3.8, 4) is 11.5 Å². The fourth-order valence-corrected chi connectivity index (χ4v) is 4.67. The number of phenolic OH excluding ortho intramolecular Hbond substituents is 1. The highest BCUT2D eigenvalue weighted by atomic mass is 16.5. The van der Waals surface area contributed by atoms with E-state index < -0.39 is 24.2 Å². The van der Waals surface area contributed by atoms with Gasteiger partial charge < -0.3 is 25.6 Å². The maximum Gasteiger partial charge on any atom is 0.264 e. The van der Waals surface area contributed by atoms with Crippen molar-refractivity contribution < 1.29 is 24.5 Å². The zero-order chi connectivity index (χ0) is 22.8. The van der Waals surface area contributed by atoms with Gasteiger partial charge in [0.1, 0.15) is 17.5 Å². The van der Waals surface area contributed by atoms with E-state index in [4.69, 9.17) is 4.74 Å². The van der Waals surface area contributed by atoms with E-state index in [1.807, 2.05) is 20.8 Å². The largest absolute Gasteiger partial charge is 0.507 e. The molecule has 0 radical (unpaired) electrons. The van der Waals surface area contributed by atoms with E-state index in [2.05, 4.69) is 10.6 Å². The monoisotopic (exact) mass is 432 g/mol.